The van der Waals surface area contributed by atoms with Crippen LogP contribution in [0.4, 0.5) is 0 Å². The minimum absolute atomic E-state index is 0.232. The molecule has 0 unspecified atom stereocenters. The topological polar surface area (TPSA) is 93.0 Å². The van der Waals surface area contributed by atoms with Crippen LogP contribution < -0.4 is 5.32 Å². The fraction of sp³-hybridized carbons (Fsp3) is 1.00. The molecule has 0 aliphatic heterocycles. The van der Waals surface area contributed by atoms with E-state index < -0.39 is 24.9 Å². The van der Waals surface area contributed by atoms with E-state index in [0.717, 1.165) is 13.0 Å². The Balaban J connectivity index is 3.23. The summed E-state index contributed by atoms with van der Waals surface area (Å²) in [6, 6.07) is 0. The second-order valence-electron chi connectivity index (χ2n) is 6.90. The van der Waals surface area contributed by atoms with Crippen LogP contribution in [0.15, 0.2) is 0 Å². The Kier molecular flexibility index (Phi) is 17.5. The molecule has 5 N–H and O–H groups in total. The first-order chi connectivity index (χ1) is 11.6. The van der Waals surface area contributed by atoms with Gasteiger partial charge in [-0.2, -0.15) is 0 Å². The lowest BCUT2D eigenvalue weighted by molar-refractivity contribution is -0.0749. The van der Waals surface area contributed by atoms with Crippen molar-refractivity contribution in [2.75, 3.05) is 19.7 Å². The molecule has 0 saturated heterocycles. The van der Waals surface area contributed by atoms with Crippen molar-refractivity contribution in [1.29, 1.82) is 0 Å². The van der Waals surface area contributed by atoms with Gasteiger partial charge >= 0.3 is 0 Å². The van der Waals surface area contributed by atoms with Gasteiger partial charge in [0.15, 0.2) is 0 Å². The molecule has 146 valence electrons. The molecule has 0 aliphatic carbocycles. The zero-order valence-corrected chi connectivity index (χ0v) is 15.6. The number of aliphatic hydroxyl groups is 4. The molecule has 5 nitrogen and oxygen atoms in total. The largest absolute Gasteiger partial charge is 0.394 e. The average Bonchev–Trinajstić information content (AvgIpc) is 2.60. The van der Waals surface area contributed by atoms with Crippen LogP contribution in [0, 0.1) is 0 Å². The number of unbranched alkanes of at least 4 members (excludes halogenated alkanes) is 11. The molecule has 0 bridgehead atoms. The Labute approximate surface area is 148 Å². The summed E-state index contributed by atoms with van der Waals surface area (Å²) in [5.74, 6) is 0. The van der Waals surface area contributed by atoms with Crippen molar-refractivity contribution in [3.05, 3.63) is 0 Å². The van der Waals surface area contributed by atoms with Crippen molar-refractivity contribution in [1.82, 2.24) is 5.32 Å². The van der Waals surface area contributed by atoms with Crippen LogP contribution in [-0.4, -0.2) is 58.4 Å². The SMILES string of the molecule is CCCCCCCCCCCCCCNC[C@H](O)[C@@H](O)[C@H](O)CO. The molecule has 0 saturated carbocycles. The van der Waals surface area contributed by atoms with Crippen LogP contribution in [0.2, 0.25) is 0 Å². The summed E-state index contributed by atoms with van der Waals surface area (Å²) >= 11 is 0. The van der Waals surface area contributed by atoms with E-state index in [9.17, 15) is 15.3 Å². The summed E-state index contributed by atoms with van der Waals surface area (Å²) in [7, 11) is 0. The smallest absolute Gasteiger partial charge is 0.109 e. The highest BCUT2D eigenvalue weighted by molar-refractivity contribution is 4.76. The van der Waals surface area contributed by atoms with Crippen molar-refractivity contribution in [2.45, 2.75) is 102 Å². The number of nitrogens with one attached hydrogen (secondary N) is 1. The van der Waals surface area contributed by atoms with Crippen LogP contribution in [-0.2, 0) is 0 Å². The molecule has 0 aliphatic rings. The molecule has 3 atom stereocenters. The molecule has 5 heteroatoms. The first kappa shape index (κ1) is 23.8. The van der Waals surface area contributed by atoms with Crippen LogP contribution in [0.1, 0.15) is 84.0 Å². The maximum absolute atomic E-state index is 9.63. The Morgan fingerprint density at radius 1 is 0.667 bits per heavy atom. The van der Waals surface area contributed by atoms with Gasteiger partial charge in [-0.05, 0) is 13.0 Å². The van der Waals surface area contributed by atoms with Crippen molar-refractivity contribution >= 4 is 0 Å². The Hall–Kier alpha value is -0.200. The molecular formula is C19H41NO4. The zero-order valence-electron chi connectivity index (χ0n) is 15.6. The minimum Gasteiger partial charge on any atom is -0.394 e. The van der Waals surface area contributed by atoms with Gasteiger partial charge in [0, 0.05) is 6.54 Å². The van der Waals surface area contributed by atoms with Gasteiger partial charge in [0.1, 0.15) is 12.2 Å². The molecule has 0 rings (SSSR count). The van der Waals surface area contributed by atoms with Gasteiger partial charge < -0.3 is 25.7 Å². The molecule has 0 amide bonds. The van der Waals surface area contributed by atoms with Gasteiger partial charge in [-0.25, -0.2) is 0 Å². The lowest BCUT2D eigenvalue weighted by Crippen LogP contribution is -2.44. The van der Waals surface area contributed by atoms with E-state index in [1.165, 1.54) is 70.6 Å². The van der Waals surface area contributed by atoms with Crippen LogP contribution >= 0.6 is 0 Å². The van der Waals surface area contributed by atoms with E-state index >= 15 is 0 Å². The third kappa shape index (κ3) is 14.2. The lowest BCUT2D eigenvalue weighted by atomic mass is 10.1. The molecular weight excluding hydrogens is 306 g/mol. The molecule has 0 heterocycles. The molecule has 0 aromatic rings. The van der Waals surface area contributed by atoms with Crippen molar-refractivity contribution < 1.29 is 20.4 Å². The normalized spacial score (nSPS) is 15.4. The summed E-state index contributed by atoms with van der Waals surface area (Å²) in [4.78, 5) is 0. The highest BCUT2D eigenvalue weighted by Gasteiger charge is 2.23. The minimum atomic E-state index is -1.30. The second-order valence-corrected chi connectivity index (χ2v) is 6.90. The number of hydrogen-bond donors (Lipinski definition) is 5. The predicted octanol–water partition coefficient (Wildman–Crippen LogP) is 2.35. The fourth-order valence-electron chi connectivity index (χ4n) is 2.83. The standard InChI is InChI=1S/C19H41NO4/c1-2-3-4-5-6-7-8-9-10-11-12-13-14-20-15-17(22)19(24)18(23)16-21/h17-24H,2-16H2,1H3/t17-,18+,19+/m0/s1. The Morgan fingerprint density at radius 3 is 1.58 bits per heavy atom. The van der Waals surface area contributed by atoms with Crippen molar-refractivity contribution in [3.8, 4) is 0 Å². The summed E-state index contributed by atoms with van der Waals surface area (Å²) in [5, 5.41) is 40.1. The number of aliphatic hydroxyl groups excluding tert-OH is 4. The van der Waals surface area contributed by atoms with Crippen molar-refractivity contribution in [3.63, 3.8) is 0 Å². The van der Waals surface area contributed by atoms with E-state index in [1.807, 2.05) is 0 Å². The Morgan fingerprint density at radius 2 is 1.12 bits per heavy atom. The number of hydrogen-bond acceptors (Lipinski definition) is 5. The van der Waals surface area contributed by atoms with Gasteiger partial charge in [0.2, 0.25) is 0 Å². The maximum atomic E-state index is 9.63. The van der Waals surface area contributed by atoms with Gasteiger partial charge in [-0.1, -0.05) is 77.6 Å². The predicted molar refractivity (Wildman–Crippen MR) is 99.1 cm³/mol. The van der Waals surface area contributed by atoms with Crippen LogP contribution in [0.25, 0.3) is 0 Å². The second kappa shape index (κ2) is 17.6. The molecule has 0 fully saturated rings. The quantitative estimate of drug-likeness (QED) is 0.245. The van der Waals surface area contributed by atoms with Crippen LogP contribution in [0.5, 0.6) is 0 Å². The summed E-state index contributed by atoms with van der Waals surface area (Å²) in [6.07, 6.45) is 12.1. The molecule has 0 aromatic carbocycles. The molecule has 0 aromatic heterocycles. The molecule has 0 radical (unpaired) electrons. The fourth-order valence-corrected chi connectivity index (χ4v) is 2.83. The first-order valence-electron chi connectivity index (χ1n) is 9.99. The third-order valence-corrected chi connectivity index (χ3v) is 4.54. The Bertz CT molecular complexity index is 254. The maximum Gasteiger partial charge on any atom is 0.109 e. The van der Waals surface area contributed by atoms with Gasteiger partial charge in [0.05, 0.1) is 12.7 Å². The van der Waals surface area contributed by atoms with E-state index in [2.05, 4.69) is 12.2 Å². The van der Waals surface area contributed by atoms with Crippen LogP contribution in [0.3, 0.4) is 0 Å². The summed E-state index contributed by atoms with van der Waals surface area (Å²) in [6.45, 7) is 2.74. The highest BCUT2D eigenvalue weighted by atomic mass is 16.4. The number of rotatable bonds is 18. The zero-order chi connectivity index (χ0) is 18.0. The van der Waals surface area contributed by atoms with E-state index in [0.29, 0.717) is 0 Å². The lowest BCUT2D eigenvalue weighted by Gasteiger charge is -2.21. The van der Waals surface area contributed by atoms with E-state index in [1.54, 1.807) is 0 Å². The molecule has 24 heavy (non-hydrogen) atoms. The third-order valence-electron chi connectivity index (χ3n) is 4.54. The van der Waals surface area contributed by atoms with Gasteiger partial charge in [0.25, 0.3) is 0 Å². The summed E-state index contributed by atoms with van der Waals surface area (Å²) < 4.78 is 0. The van der Waals surface area contributed by atoms with Gasteiger partial charge in [-0.3, -0.25) is 0 Å². The molecule has 0 spiro atoms. The van der Waals surface area contributed by atoms with Gasteiger partial charge in [-0.15, -0.1) is 0 Å². The first-order valence-corrected chi connectivity index (χ1v) is 9.99. The monoisotopic (exact) mass is 347 g/mol. The van der Waals surface area contributed by atoms with E-state index in [-0.39, 0.29) is 6.54 Å². The highest BCUT2D eigenvalue weighted by Crippen LogP contribution is 2.11. The average molecular weight is 348 g/mol. The van der Waals surface area contributed by atoms with E-state index in [4.69, 9.17) is 5.11 Å². The van der Waals surface area contributed by atoms with Crippen molar-refractivity contribution in [2.24, 2.45) is 0 Å². The summed E-state index contributed by atoms with van der Waals surface area (Å²) in [5.41, 5.74) is 0.